The molecule has 0 saturated carbocycles. The lowest BCUT2D eigenvalue weighted by atomic mass is 10.1. The maximum atomic E-state index is 14.0. The summed E-state index contributed by atoms with van der Waals surface area (Å²) in [6.45, 7) is 5.18. The fourth-order valence-corrected chi connectivity index (χ4v) is 3.45. The molecule has 150 valence electrons. The average molecular weight is 396 g/mol. The number of benzene rings is 2. The molecule has 1 saturated heterocycles. The molecule has 0 aliphatic carbocycles. The van der Waals surface area contributed by atoms with Crippen LogP contribution >= 0.6 is 0 Å². The highest BCUT2D eigenvalue weighted by atomic mass is 19.1. The van der Waals surface area contributed by atoms with Gasteiger partial charge in [0.1, 0.15) is 23.2 Å². The van der Waals surface area contributed by atoms with Crippen LogP contribution in [0.2, 0.25) is 0 Å². The van der Waals surface area contributed by atoms with Gasteiger partial charge in [-0.25, -0.2) is 13.8 Å². The van der Waals surface area contributed by atoms with Gasteiger partial charge < -0.3 is 14.5 Å². The van der Waals surface area contributed by atoms with Gasteiger partial charge in [-0.2, -0.15) is 0 Å². The first kappa shape index (κ1) is 19.1. The molecule has 0 bridgehead atoms. The van der Waals surface area contributed by atoms with Gasteiger partial charge in [0.2, 0.25) is 0 Å². The van der Waals surface area contributed by atoms with E-state index in [1.54, 1.807) is 12.4 Å². The van der Waals surface area contributed by atoms with Crippen LogP contribution in [0.4, 0.5) is 20.3 Å². The number of ether oxygens (including phenoxy) is 1. The summed E-state index contributed by atoms with van der Waals surface area (Å²) in [6, 6.07) is 11.5. The molecular weight excluding hydrogens is 374 g/mol. The molecule has 1 fully saturated rings. The molecular formula is C22H22F2N4O. The molecule has 0 spiro atoms. The van der Waals surface area contributed by atoms with E-state index in [0.29, 0.717) is 38.5 Å². The summed E-state index contributed by atoms with van der Waals surface area (Å²) in [5.41, 5.74) is 2.19. The van der Waals surface area contributed by atoms with Crippen molar-refractivity contribution in [2.45, 2.75) is 6.92 Å². The summed E-state index contributed by atoms with van der Waals surface area (Å²) in [7, 11) is 0. The van der Waals surface area contributed by atoms with Gasteiger partial charge in [-0.3, -0.25) is 4.98 Å². The molecule has 0 atom stereocenters. The summed E-state index contributed by atoms with van der Waals surface area (Å²) < 4.78 is 32.7. The van der Waals surface area contributed by atoms with Crippen LogP contribution in [0.5, 0.6) is 5.75 Å². The predicted molar refractivity (Wildman–Crippen MR) is 109 cm³/mol. The van der Waals surface area contributed by atoms with Gasteiger partial charge in [0.15, 0.2) is 0 Å². The normalized spacial score (nSPS) is 14.2. The molecule has 0 N–H and O–H groups in total. The summed E-state index contributed by atoms with van der Waals surface area (Å²) in [5.74, 6) is 0.516. The smallest absolute Gasteiger partial charge is 0.149 e. The van der Waals surface area contributed by atoms with Crippen LogP contribution in [-0.4, -0.2) is 42.8 Å². The zero-order valence-corrected chi connectivity index (χ0v) is 16.2. The van der Waals surface area contributed by atoms with Crippen molar-refractivity contribution in [1.82, 2.24) is 9.97 Å². The maximum Gasteiger partial charge on any atom is 0.149 e. The molecule has 5 nitrogen and oxygen atoms in total. The Hall–Kier alpha value is -3.22. The number of hydrogen-bond acceptors (Lipinski definition) is 5. The van der Waals surface area contributed by atoms with Crippen LogP contribution in [0, 0.1) is 11.6 Å². The van der Waals surface area contributed by atoms with Crippen molar-refractivity contribution in [2.75, 3.05) is 42.6 Å². The van der Waals surface area contributed by atoms with E-state index >= 15 is 0 Å². The minimum absolute atomic E-state index is 0.431. The van der Waals surface area contributed by atoms with E-state index in [0.717, 1.165) is 28.9 Å². The van der Waals surface area contributed by atoms with E-state index in [9.17, 15) is 8.78 Å². The number of aromatic nitrogens is 2. The molecule has 0 radical (unpaired) electrons. The maximum absolute atomic E-state index is 14.0. The number of anilines is 2. The van der Waals surface area contributed by atoms with Crippen LogP contribution < -0.4 is 14.5 Å². The Morgan fingerprint density at radius 1 is 0.931 bits per heavy atom. The second kappa shape index (κ2) is 8.43. The minimum Gasteiger partial charge on any atom is -0.494 e. The van der Waals surface area contributed by atoms with Crippen molar-refractivity contribution in [3.05, 3.63) is 66.5 Å². The third-order valence-corrected chi connectivity index (χ3v) is 4.94. The lowest BCUT2D eigenvalue weighted by Gasteiger charge is -2.36. The number of hydrogen-bond donors (Lipinski definition) is 0. The van der Waals surface area contributed by atoms with E-state index in [-0.39, 0.29) is 0 Å². The van der Waals surface area contributed by atoms with Gasteiger partial charge in [0.25, 0.3) is 0 Å². The summed E-state index contributed by atoms with van der Waals surface area (Å²) in [6.07, 6.45) is 3.48. The third kappa shape index (κ3) is 4.29. The Kier molecular flexibility index (Phi) is 5.55. The Labute approximate surface area is 168 Å². The minimum atomic E-state index is -0.564. The van der Waals surface area contributed by atoms with Gasteiger partial charge in [-0.15, -0.1) is 0 Å². The summed E-state index contributed by atoms with van der Waals surface area (Å²) in [5, 5.41) is 0. The first-order valence-corrected chi connectivity index (χ1v) is 9.64. The zero-order chi connectivity index (χ0) is 20.2. The molecule has 1 aliphatic rings. The van der Waals surface area contributed by atoms with E-state index in [4.69, 9.17) is 9.72 Å². The zero-order valence-electron chi connectivity index (χ0n) is 16.2. The van der Waals surface area contributed by atoms with Gasteiger partial charge in [-0.1, -0.05) is 0 Å². The van der Waals surface area contributed by atoms with Crippen molar-refractivity contribution in [2.24, 2.45) is 0 Å². The van der Waals surface area contributed by atoms with Gasteiger partial charge in [0.05, 0.1) is 30.4 Å². The molecule has 1 aliphatic heterocycles. The van der Waals surface area contributed by atoms with Crippen LogP contribution in [0.15, 0.2) is 54.9 Å². The Balaban J connectivity index is 1.45. The standard InChI is InChI=1S/C22H22F2N4O/c1-2-29-18-6-3-16(4-7-18)20-14-25-15-22(26-20)28-11-9-27(10-12-28)21-8-5-17(23)13-19(21)24/h3-8,13-15H,2,9-12H2,1H3. The molecule has 2 heterocycles. The number of nitrogens with zero attached hydrogens (tertiary/aromatic N) is 4. The van der Waals surface area contributed by atoms with Crippen molar-refractivity contribution in [3.8, 4) is 17.0 Å². The Morgan fingerprint density at radius 2 is 1.66 bits per heavy atom. The van der Waals surface area contributed by atoms with E-state index in [1.165, 1.54) is 12.1 Å². The Morgan fingerprint density at radius 3 is 2.34 bits per heavy atom. The molecule has 3 aromatic rings. The lowest BCUT2D eigenvalue weighted by molar-refractivity contribution is 0.340. The molecule has 29 heavy (non-hydrogen) atoms. The topological polar surface area (TPSA) is 41.5 Å². The Bertz CT molecular complexity index is 973. The quantitative estimate of drug-likeness (QED) is 0.648. The second-order valence-corrected chi connectivity index (χ2v) is 6.79. The highest BCUT2D eigenvalue weighted by Crippen LogP contribution is 2.25. The van der Waals surface area contributed by atoms with Crippen LogP contribution in [0.25, 0.3) is 11.3 Å². The van der Waals surface area contributed by atoms with Crippen LogP contribution in [0.3, 0.4) is 0 Å². The lowest BCUT2D eigenvalue weighted by Crippen LogP contribution is -2.47. The molecule has 4 rings (SSSR count). The third-order valence-electron chi connectivity index (χ3n) is 4.94. The van der Waals surface area contributed by atoms with E-state index < -0.39 is 11.6 Å². The number of piperazine rings is 1. The van der Waals surface area contributed by atoms with Crippen molar-refractivity contribution < 1.29 is 13.5 Å². The molecule has 0 amide bonds. The van der Waals surface area contributed by atoms with Crippen LogP contribution in [-0.2, 0) is 0 Å². The average Bonchev–Trinajstić information content (AvgIpc) is 2.75. The van der Waals surface area contributed by atoms with Crippen molar-refractivity contribution >= 4 is 11.5 Å². The fourth-order valence-electron chi connectivity index (χ4n) is 3.45. The number of rotatable bonds is 5. The first-order chi connectivity index (χ1) is 14.1. The predicted octanol–water partition coefficient (Wildman–Crippen LogP) is 4.15. The SMILES string of the molecule is CCOc1ccc(-c2cncc(N3CCN(c4ccc(F)cc4F)CC3)n2)cc1. The van der Waals surface area contributed by atoms with Gasteiger partial charge >= 0.3 is 0 Å². The van der Waals surface area contributed by atoms with Gasteiger partial charge in [0, 0.05) is 37.8 Å². The molecule has 7 heteroatoms. The molecule has 0 unspecified atom stereocenters. The van der Waals surface area contributed by atoms with Crippen molar-refractivity contribution in [3.63, 3.8) is 0 Å². The van der Waals surface area contributed by atoms with E-state index in [2.05, 4.69) is 9.88 Å². The fraction of sp³-hybridized carbons (Fsp3) is 0.273. The molecule has 2 aromatic carbocycles. The number of halogens is 2. The highest BCUT2D eigenvalue weighted by molar-refractivity contribution is 5.61. The summed E-state index contributed by atoms with van der Waals surface area (Å²) in [4.78, 5) is 13.1. The largest absolute Gasteiger partial charge is 0.494 e. The van der Waals surface area contributed by atoms with Crippen molar-refractivity contribution in [1.29, 1.82) is 0 Å². The first-order valence-electron chi connectivity index (χ1n) is 9.64. The summed E-state index contributed by atoms with van der Waals surface area (Å²) >= 11 is 0. The van der Waals surface area contributed by atoms with Crippen LogP contribution in [0.1, 0.15) is 6.92 Å². The van der Waals surface area contributed by atoms with Gasteiger partial charge in [-0.05, 0) is 43.3 Å². The van der Waals surface area contributed by atoms with E-state index in [1.807, 2.05) is 36.1 Å². The monoisotopic (exact) mass is 396 g/mol. The second-order valence-electron chi connectivity index (χ2n) is 6.79. The highest BCUT2D eigenvalue weighted by Gasteiger charge is 2.21. The molecule has 1 aromatic heterocycles.